The maximum absolute atomic E-state index is 15.6. The Bertz CT molecular complexity index is 1450. The summed E-state index contributed by atoms with van der Waals surface area (Å²) in [4.78, 5) is 0. The van der Waals surface area contributed by atoms with Crippen molar-refractivity contribution < 1.29 is 9.13 Å². The van der Waals surface area contributed by atoms with Gasteiger partial charge in [0.05, 0.1) is 5.66 Å². The van der Waals surface area contributed by atoms with Crippen LogP contribution in [0.1, 0.15) is 11.2 Å². The van der Waals surface area contributed by atoms with Gasteiger partial charge in [-0.2, -0.15) is 0 Å². The van der Waals surface area contributed by atoms with E-state index in [0.717, 1.165) is 31.3 Å². The molecule has 0 fully saturated rings. The molecular weight excluding hydrogens is 558 g/mol. The Balaban J connectivity index is 1.78. The van der Waals surface area contributed by atoms with E-state index in [2.05, 4.69) is 15.9 Å². The fourth-order valence-electron chi connectivity index (χ4n) is 4.86. The van der Waals surface area contributed by atoms with Gasteiger partial charge in [-0.1, -0.05) is 149 Å². The van der Waals surface area contributed by atoms with E-state index >= 15 is 9.13 Å². The summed E-state index contributed by atoms with van der Waals surface area (Å²) < 4.78 is 31.8. The molecular formula is C32H27BrO2P2. The lowest BCUT2D eigenvalue weighted by Crippen LogP contribution is -2.27. The first-order chi connectivity index (χ1) is 18.0. The highest BCUT2D eigenvalue weighted by Crippen LogP contribution is 2.63. The standard InChI is InChI=1S/C32H27BrO2P2/c33-27-23-21-26(22-24-27)32(37(35,30-17-9-3-10-18-30)31-19-11-4-12-20-31)25-36(34,28-13-5-1-6-14-28)29-15-7-2-8-16-29/h1-24,32H,25H2. The van der Waals surface area contributed by atoms with Crippen LogP contribution in [0.5, 0.6) is 0 Å². The van der Waals surface area contributed by atoms with Gasteiger partial charge in [-0.05, 0) is 17.7 Å². The van der Waals surface area contributed by atoms with Crippen molar-refractivity contribution in [2.24, 2.45) is 0 Å². The van der Waals surface area contributed by atoms with E-state index in [1.807, 2.05) is 146 Å². The Kier molecular flexibility index (Phi) is 7.77. The third-order valence-electron chi connectivity index (χ3n) is 6.75. The number of hydrogen-bond acceptors (Lipinski definition) is 2. The van der Waals surface area contributed by atoms with E-state index in [0.29, 0.717) is 0 Å². The molecule has 0 saturated heterocycles. The molecule has 0 aliphatic rings. The zero-order valence-corrected chi connectivity index (χ0v) is 23.6. The summed E-state index contributed by atoms with van der Waals surface area (Å²) in [6, 6.07) is 46.6. The molecule has 0 aliphatic heterocycles. The van der Waals surface area contributed by atoms with Crippen LogP contribution in [0.25, 0.3) is 0 Å². The quantitative estimate of drug-likeness (QED) is 0.177. The minimum Gasteiger partial charge on any atom is -0.314 e. The average Bonchev–Trinajstić information content (AvgIpc) is 2.98. The third kappa shape index (κ3) is 5.23. The molecule has 0 saturated carbocycles. The van der Waals surface area contributed by atoms with Crippen LogP contribution in [0.4, 0.5) is 0 Å². The normalized spacial score (nSPS) is 12.7. The molecule has 0 aliphatic carbocycles. The van der Waals surface area contributed by atoms with Crippen molar-refractivity contribution in [2.45, 2.75) is 5.66 Å². The van der Waals surface area contributed by atoms with Crippen LogP contribution in [-0.4, -0.2) is 6.16 Å². The van der Waals surface area contributed by atoms with Crippen molar-refractivity contribution in [1.82, 2.24) is 0 Å². The first-order valence-corrected chi connectivity index (χ1v) is 16.6. The van der Waals surface area contributed by atoms with Crippen molar-refractivity contribution in [3.63, 3.8) is 0 Å². The van der Waals surface area contributed by atoms with Crippen LogP contribution in [-0.2, 0) is 9.13 Å². The van der Waals surface area contributed by atoms with Gasteiger partial charge in [0.25, 0.3) is 0 Å². The molecule has 5 heteroatoms. The van der Waals surface area contributed by atoms with Crippen molar-refractivity contribution >= 4 is 51.4 Å². The minimum absolute atomic E-state index is 0.240. The van der Waals surface area contributed by atoms with Gasteiger partial charge in [0.1, 0.15) is 7.14 Å². The molecule has 0 radical (unpaired) electrons. The molecule has 184 valence electrons. The summed E-state index contributed by atoms with van der Waals surface area (Å²) in [6.45, 7) is 0. The second-order valence-corrected chi connectivity index (χ2v) is 15.8. The smallest absolute Gasteiger partial charge is 0.150 e. The zero-order chi connectivity index (χ0) is 25.7. The Morgan fingerprint density at radius 1 is 0.486 bits per heavy atom. The predicted molar refractivity (Wildman–Crippen MR) is 161 cm³/mol. The number of halogens is 1. The maximum Gasteiger partial charge on any atom is 0.150 e. The molecule has 5 rings (SSSR count). The van der Waals surface area contributed by atoms with Crippen LogP contribution < -0.4 is 21.2 Å². The lowest BCUT2D eigenvalue weighted by molar-refractivity contribution is 0.574. The first-order valence-electron chi connectivity index (χ1n) is 12.2. The molecule has 0 bridgehead atoms. The molecule has 0 amide bonds. The molecule has 0 heterocycles. The van der Waals surface area contributed by atoms with Gasteiger partial charge in [0.15, 0.2) is 7.14 Å². The SMILES string of the molecule is O=P(CC(c1ccc(Br)cc1)P(=O)(c1ccccc1)c1ccccc1)(c1ccccc1)c1ccccc1. The van der Waals surface area contributed by atoms with E-state index in [4.69, 9.17) is 0 Å². The Morgan fingerprint density at radius 3 is 1.22 bits per heavy atom. The summed E-state index contributed by atoms with van der Waals surface area (Å²) in [7, 11) is -6.47. The fourth-order valence-corrected chi connectivity index (χ4v) is 12.3. The molecule has 5 aromatic rings. The summed E-state index contributed by atoms with van der Waals surface area (Å²) in [5.41, 5.74) is 0.406. The molecule has 37 heavy (non-hydrogen) atoms. The number of rotatable bonds is 8. The third-order valence-corrected chi connectivity index (χ3v) is 14.2. The van der Waals surface area contributed by atoms with E-state index in [-0.39, 0.29) is 6.16 Å². The highest BCUT2D eigenvalue weighted by molar-refractivity contribution is 9.10. The summed E-state index contributed by atoms with van der Waals surface area (Å²) in [6.07, 6.45) is 0.240. The van der Waals surface area contributed by atoms with E-state index in [9.17, 15) is 0 Å². The van der Waals surface area contributed by atoms with Crippen molar-refractivity contribution in [3.8, 4) is 0 Å². The summed E-state index contributed by atoms with van der Waals surface area (Å²) in [5.74, 6) is 0. The highest BCUT2D eigenvalue weighted by Gasteiger charge is 2.43. The maximum atomic E-state index is 15.6. The van der Waals surface area contributed by atoms with Crippen LogP contribution in [0.15, 0.2) is 150 Å². The van der Waals surface area contributed by atoms with Crippen molar-refractivity contribution in [3.05, 3.63) is 156 Å². The Labute approximate surface area is 227 Å². The first kappa shape index (κ1) is 25.7. The second kappa shape index (κ2) is 11.2. The second-order valence-electron chi connectivity index (χ2n) is 8.99. The minimum atomic E-state index is -3.30. The van der Waals surface area contributed by atoms with Gasteiger partial charge in [0.2, 0.25) is 0 Å². The summed E-state index contributed by atoms with van der Waals surface area (Å²) >= 11 is 3.55. The predicted octanol–water partition coefficient (Wildman–Crippen LogP) is 7.52. The van der Waals surface area contributed by atoms with Gasteiger partial charge in [0, 0.05) is 31.9 Å². The largest absolute Gasteiger partial charge is 0.314 e. The number of hydrogen-bond donors (Lipinski definition) is 0. The van der Waals surface area contributed by atoms with Crippen LogP contribution >= 0.6 is 30.2 Å². The van der Waals surface area contributed by atoms with Crippen molar-refractivity contribution in [2.75, 3.05) is 6.16 Å². The van der Waals surface area contributed by atoms with Crippen LogP contribution in [0.3, 0.4) is 0 Å². The highest BCUT2D eigenvalue weighted by atomic mass is 79.9. The fraction of sp³-hybridized carbons (Fsp3) is 0.0625. The van der Waals surface area contributed by atoms with Gasteiger partial charge in [-0.15, -0.1) is 0 Å². The molecule has 0 spiro atoms. The molecule has 0 aromatic heterocycles. The monoisotopic (exact) mass is 584 g/mol. The van der Waals surface area contributed by atoms with Gasteiger partial charge in [-0.25, -0.2) is 0 Å². The summed E-state index contributed by atoms with van der Waals surface area (Å²) in [5, 5.41) is 3.08. The van der Waals surface area contributed by atoms with Crippen molar-refractivity contribution in [1.29, 1.82) is 0 Å². The van der Waals surface area contributed by atoms with Crippen LogP contribution in [0.2, 0.25) is 0 Å². The van der Waals surface area contributed by atoms with Crippen LogP contribution in [0, 0.1) is 0 Å². The topological polar surface area (TPSA) is 34.1 Å². The average molecular weight is 585 g/mol. The van der Waals surface area contributed by atoms with Gasteiger partial charge in [-0.3, -0.25) is 0 Å². The molecule has 1 unspecified atom stereocenters. The Hall–Kier alpha value is -2.96. The zero-order valence-electron chi connectivity index (χ0n) is 20.2. The van der Waals surface area contributed by atoms with E-state index < -0.39 is 19.9 Å². The number of benzene rings is 5. The molecule has 2 nitrogen and oxygen atoms in total. The van der Waals surface area contributed by atoms with E-state index in [1.165, 1.54) is 0 Å². The van der Waals surface area contributed by atoms with Gasteiger partial charge >= 0.3 is 0 Å². The lowest BCUT2D eigenvalue weighted by atomic mass is 10.2. The molecule has 1 atom stereocenters. The van der Waals surface area contributed by atoms with E-state index in [1.54, 1.807) is 0 Å². The van der Waals surface area contributed by atoms with Gasteiger partial charge < -0.3 is 9.13 Å². The molecule has 0 N–H and O–H groups in total. The lowest BCUT2D eigenvalue weighted by Gasteiger charge is -2.32. The molecule has 5 aromatic carbocycles. The Morgan fingerprint density at radius 2 is 0.838 bits per heavy atom.